The number of piperidine rings is 2. The number of H-pyrrole nitrogens is 1. The summed E-state index contributed by atoms with van der Waals surface area (Å²) in [7, 11) is -2.37. The van der Waals surface area contributed by atoms with Crippen molar-refractivity contribution in [3.63, 3.8) is 0 Å². The van der Waals surface area contributed by atoms with Crippen LogP contribution in [0.2, 0.25) is 0 Å². The summed E-state index contributed by atoms with van der Waals surface area (Å²) in [4.78, 5) is 12.5. The number of fused-ring (bicyclic) bond motifs is 2. The average molecular weight is 519 g/mol. The Balaban J connectivity index is 1.34. The summed E-state index contributed by atoms with van der Waals surface area (Å²) in [5.74, 6) is 0.916. The monoisotopic (exact) mass is 518 g/mol. The molecular weight excluding hydrogens is 491 g/mol. The van der Waals surface area contributed by atoms with Gasteiger partial charge in [0.15, 0.2) is 5.82 Å². The van der Waals surface area contributed by atoms with Crippen molar-refractivity contribution in [2.75, 3.05) is 17.7 Å². The Morgan fingerprint density at radius 3 is 2.61 bits per heavy atom. The molecule has 2 atom stereocenters. The normalized spacial score (nSPS) is 22.2. The van der Waals surface area contributed by atoms with Crippen LogP contribution in [-0.2, 0) is 16.6 Å². The number of aliphatic hydroxyl groups is 1. The number of hydrogen-bond acceptors (Lipinski definition) is 10. The van der Waals surface area contributed by atoms with Crippen LogP contribution in [0.1, 0.15) is 37.8 Å². The number of nitrogens with one attached hydrogen (secondary N) is 3. The first kappa shape index (κ1) is 24.3. The van der Waals surface area contributed by atoms with E-state index in [0.717, 1.165) is 31.5 Å². The molecule has 0 aliphatic carbocycles. The van der Waals surface area contributed by atoms with Crippen LogP contribution in [0.25, 0.3) is 0 Å². The number of rotatable bonds is 8. The van der Waals surface area contributed by atoms with Gasteiger partial charge in [0.05, 0.1) is 25.6 Å². The predicted molar refractivity (Wildman–Crippen MR) is 128 cm³/mol. The maximum atomic E-state index is 13.7. The number of aromatic nitrogens is 5. The van der Waals surface area contributed by atoms with Gasteiger partial charge in [0.25, 0.3) is 0 Å². The second-order valence-electron chi connectivity index (χ2n) is 8.91. The molecule has 0 saturated carbocycles. The fourth-order valence-electron chi connectivity index (χ4n) is 4.98. The van der Waals surface area contributed by atoms with Gasteiger partial charge in [0, 0.05) is 36.5 Å². The molecular formula is C22H27FN8O4S. The molecule has 36 heavy (non-hydrogen) atoms. The van der Waals surface area contributed by atoms with Crippen molar-refractivity contribution < 1.29 is 22.7 Å². The van der Waals surface area contributed by atoms with Gasteiger partial charge in [-0.3, -0.25) is 10.1 Å². The molecule has 192 valence electrons. The molecule has 2 unspecified atom stereocenters. The molecule has 5 rings (SSSR count). The first-order valence-electron chi connectivity index (χ1n) is 11.6. The Labute approximate surface area is 207 Å². The highest BCUT2D eigenvalue weighted by Gasteiger charge is 2.45. The maximum absolute atomic E-state index is 13.7. The zero-order valence-corrected chi connectivity index (χ0v) is 20.4. The smallest absolute Gasteiger partial charge is 0.245 e. The lowest BCUT2D eigenvalue weighted by atomic mass is 9.84. The van der Waals surface area contributed by atoms with E-state index in [1.807, 2.05) is 0 Å². The molecule has 12 nitrogen and oxygen atoms in total. The fraction of sp³-hybridized carbons (Fsp3) is 0.455. The third kappa shape index (κ3) is 4.96. The minimum absolute atomic E-state index is 0.0660. The molecule has 2 bridgehead atoms. The first-order valence-corrected chi connectivity index (χ1v) is 13.1. The Hall–Kier alpha value is -3.36. The van der Waals surface area contributed by atoms with Gasteiger partial charge >= 0.3 is 0 Å². The van der Waals surface area contributed by atoms with E-state index >= 15 is 0 Å². The van der Waals surface area contributed by atoms with E-state index in [1.165, 1.54) is 13.3 Å². The molecule has 2 aliphatic heterocycles. The van der Waals surface area contributed by atoms with Crippen LogP contribution in [-0.4, -0.2) is 68.2 Å². The molecule has 3 aromatic heterocycles. The second-order valence-corrected chi connectivity index (χ2v) is 10.7. The van der Waals surface area contributed by atoms with Gasteiger partial charge in [-0.15, -0.1) is 0 Å². The molecule has 2 saturated heterocycles. The summed E-state index contributed by atoms with van der Waals surface area (Å²) >= 11 is 0. The van der Waals surface area contributed by atoms with Crippen molar-refractivity contribution in [3.8, 4) is 5.88 Å². The van der Waals surface area contributed by atoms with Gasteiger partial charge in [-0.05, 0) is 31.7 Å². The number of halogens is 1. The van der Waals surface area contributed by atoms with Crippen LogP contribution < -0.4 is 15.4 Å². The van der Waals surface area contributed by atoms with Crippen LogP contribution in [0.3, 0.4) is 0 Å². The van der Waals surface area contributed by atoms with Gasteiger partial charge in [0.2, 0.25) is 21.9 Å². The Kier molecular flexibility index (Phi) is 6.73. The number of nitrogens with zero attached hydrogens (tertiary/aromatic N) is 5. The molecule has 2 aliphatic rings. The summed E-state index contributed by atoms with van der Waals surface area (Å²) in [6.07, 6.45) is 5.66. The maximum Gasteiger partial charge on any atom is 0.245 e. The van der Waals surface area contributed by atoms with Crippen LogP contribution >= 0.6 is 0 Å². The van der Waals surface area contributed by atoms with E-state index in [2.05, 4.69) is 35.8 Å². The van der Waals surface area contributed by atoms with E-state index in [0.29, 0.717) is 42.0 Å². The molecule has 4 N–H and O–H groups in total. The molecule has 5 heterocycles. The van der Waals surface area contributed by atoms with Crippen molar-refractivity contribution in [1.29, 1.82) is 0 Å². The summed E-state index contributed by atoms with van der Waals surface area (Å²) in [6, 6.07) is 3.77. The number of aliphatic hydroxyl groups excluding tert-OH is 1. The molecule has 0 amide bonds. The first-order chi connectivity index (χ1) is 17.4. The molecule has 2 fully saturated rings. The zero-order valence-electron chi connectivity index (χ0n) is 19.6. The van der Waals surface area contributed by atoms with Gasteiger partial charge in [-0.25, -0.2) is 12.8 Å². The van der Waals surface area contributed by atoms with Crippen LogP contribution in [0.5, 0.6) is 5.88 Å². The lowest BCUT2D eigenvalue weighted by molar-refractivity contribution is 0.115. The number of ether oxygens (including phenoxy) is 1. The summed E-state index contributed by atoms with van der Waals surface area (Å²) in [5.41, 5.74) is 0.555. The average Bonchev–Trinajstić information content (AvgIpc) is 3.30. The zero-order chi connectivity index (χ0) is 25.3. The summed E-state index contributed by atoms with van der Waals surface area (Å²) < 4.78 is 47.3. The third-order valence-electron chi connectivity index (χ3n) is 6.47. The number of aromatic amines is 1. The minimum atomic E-state index is -3.88. The highest BCUT2D eigenvalue weighted by atomic mass is 32.2. The van der Waals surface area contributed by atoms with E-state index in [1.54, 1.807) is 16.4 Å². The number of sulfonamides is 1. The fourth-order valence-corrected chi connectivity index (χ4v) is 6.85. The van der Waals surface area contributed by atoms with Gasteiger partial charge in [0.1, 0.15) is 16.5 Å². The SMILES string of the molecule is COc1cc(Nc2cc(CO)[nH]n2)nc(NC2CC3CCCC(C2)N3S(=O)(=O)c2cncc(F)c2)n1. The van der Waals surface area contributed by atoms with E-state index in [-0.39, 0.29) is 29.6 Å². The number of methoxy groups -OCH3 is 1. The Morgan fingerprint density at radius 1 is 1.17 bits per heavy atom. The topological polar surface area (TPSA) is 158 Å². The number of anilines is 3. The predicted octanol–water partition coefficient (Wildman–Crippen LogP) is 2.16. The van der Waals surface area contributed by atoms with Crippen molar-refractivity contribution in [3.05, 3.63) is 42.1 Å². The lowest BCUT2D eigenvalue weighted by Gasteiger charge is -2.47. The van der Waals surface area contributed by atoms with Crippen LogP contribution in [0, 0.1) is 5.82 Å². The van der Waals surface area contributed by atoms with Crippen molar-refractivity contribution >= 4 is 27.6 Å². The van der Waals surface area contributed by atoms with E-state index in [4.69, 9.17) is 4.74 Å². The van der Waals surface area contributed by atoms with E-state index < -0.39 is 15.8 Å². The third-order valence-corrected chi connectivity index (χ3v) is 8.44. The molecule has 3 aromatic rings. The van der Waals surface area contributed by atoms with Crippen LogP contribution in [0.15, 0.2) is 35.5 Å². The molecule has 0 aromatic carbocycles. The van der Waals surface area contributed by atoms with Crippen molar-refractivity contribution in [2.45, 2.75) is 61.7 Å². The van der Waals surface area contributed by atoms with Crippen LogP contribution in [0.4, 0.5) is 22.0 Å². The second kappa shape index (κ2) is 9.95. The molecule has 14 heteroatoms. The van der Waals surface area contributed by atoms with Gasteiger partial charge < -0.3 is 20.5 Å². The molecule has 0 radical (unpaired) electrons. The summed E-state index contributed by atoms with van der Waals surface area (Å²) in [5, 5.41) is 22.4. The standard InChI is InChI=1S/C22H27FN8O4S/c1-35-21-9-19(26-20-8-15(12-32)29-30-20)27-22(28-21)25-14-6-16-3-2-4-17(7-14)31(16)36(33,34)18-5-13(23)10-24-11-18/h5,8-11,14,16-17,32H,2-4,6-7,12H2,1H3,(H3,25,26,27,28,29,30). The lowest BCUT2D eigenvalue weighted by Crippen LogP contribution is -2.57. The van der Waals surface area contributed by atoms with Crippen molar-refractivity contribution in [2.24, 2.45) is 0 Å². The highest BCUT2D eigenvalue weighted by molar-refractivity contribution is 7.89. The summed E-state index contributed by atoms with van der Waals surface area (Å²) in [6.45, 7) is -0.166. The largest absolute Gasteiger partial charge is 0.481 e. The number of hydrogen-bond donors (Lipinski definition) is 4. The minimum Gasteiger partial charge on any atom is -0.481 e. The highest BCUT2D eigenvalue weighted by Crippen LogP contribution is 2.39. The Morgan fingerprint density at radius 2 is 1.94 bits per heavy atom. The number of pyridine rings is 1. The molecule has 0 spiro atoms. The van der Waals surface area contributed by atoms with Crippen molar-refractivity contribution in [1.82, 2.24) is 29.5 Å². The van der Waals surface area contributed by atoms with Gasteiger partial charge in [-0.1, -0.05) is 6.42 Å². The Bertz CT molecular complexity index is 1320. The van der Waals surface area contributed by atoms with Gasteiger partial charge in [-0.2, -0.15) is 19.4 Å². The van der Waals surface area contributed by atoms with E-state index in [9.17, 15) is 17.9 Å². The quantitative estimate of drug-likeness (QED) is 0.348.